The van der Waals surface area contributed by atoms with Gasteiger partial charge in [0.15, 0.2) is 0 Å². The van der Waals surface area contributed by atoms with Crippen molar-refractivity contribution in [2.45, 2.75) is 26.3 Å². The fourth-order valence-corrected chi connectivity index (χ4v) is 2.53. The summed E-state index contributed by atoms with van der Waals surface area (Å²) in [5.74, 6) is -0.359. The maximum atomic E-state index is 12.6. The molecule has 0 aliphatic heterocycles. The molecule has 6 heteroatoms. The summed E-state index contributed by atoms with van der Waals surface area (Å²) in [4.78, 5) is 27.8. The minimum absolute atomic E-state index is 0.0316. The van der Waals surface area contributed by atoms with Gasteiger partial charge in [-0.2, -0.15) is 0 Å². The molecule has 2 amide bonds. The molecule has 1 aromatic rings. The zero-order valence-corrected chi connectivity index (χ0v) is 15.2. The molecule has 22 heavy (non-hydrogen) atoms. The predicted octanol–water partition coefficient (Wildman–Crippen LogP) is 1.95. The number of hydrogen-bond donors (Lipinski definition) is 1. The molecule has 0 heterocycles. The van der Waals surface area contributed by atoms with Crippen molar-refractivity contribution in [3.63, 3.8) is 0 Å². The van der Waals surface area contributed by atoms with Gasteiger partial charge < -0.3 is 15.5 Å². The lowest BCUT2D eigenvalue weighted by Crippen LogP contribution is -2.52. The van der Waals surface area contributed by atoms with Crippen molar-refractivity contribution in [3.05, 3.63) is 34.3 Å². The highest BCUT2D eigenvalue weighted by molar-refractivity contribution is 9.10. The van der Waals surface area contributed by atoms with E-state index in [-0.39, 0.29) is 18.4 Å². The van der Waals surface area contributed by atoms with Crippen LogP contribution < -0.4 is 5.73 Å². The number of carbonyl (C=O) groups excluding carboxylic acids is 2. The summed E-state index contributed by atoms with van der Waals surface area (Å²) in [6.45, 7) is 6.78. The minimum atomic E-state index is -1.17. The third-order valence-corrected chi connectivity index (χ3v) is 4.25. The number of carbonyl (C=O) groups is 2. The topological polar surface area (TPSA) is 66.6 Å². The van der Waals surface area contributed by atoms with Crippen LogP contribution in [0.2, 0.25) is 0 Å². The second-order valence-corrected chi connectivity index (χ2v) is 6.35. The number of amides is 2. The Morgan fingerprint density at radius 1 is 1.18 bits per heavy atom. The minimum Gasteiger partial charge on any atom is -0.342 e. The van der Waals surface area contributed by atoms with Crippen LogP contribution >= 0.6 is 15.9 Å². The molecular formula is C16H24BrN3O2. The molecule has 0 fully saturated rings. The van der Waals surface area contributed by atoms with Crippen molar-refractivity contribution < 1.29 is 9.59 Å². The highest BCUT2D eigenvalue weighted by atomic mass is 79.9. The zero-order valence-electron chi connectivity index (χ0n) is 13.6. The SMILES string of the molecule is CCN(CC)C(=O)CN(C)C(=O)C(C)(N)c1ccc(Br)cc1. The van der Waals surface area contributed by atoms with Gasteiger partial charge >= 0.3 is 0 Å². The molecule has 122 valence electrons. The summed E-state index contributed by atoms with van der Waals surface area (Å²) in [6, 6.07) is 7.30. The van der Waals surface area contributed by atoms with Gasteiger partial charge in [0.25, 0.3) is 0 Å². The van der Waals surface area contributed by atoms with Crippen LogP contribution in [-0.4, -0.2) is 48.3 Å². The van der Waals surface area contributed by atoms with Gasteiger partial charge in [0.05, 0.1) is 6.54 Å². The van der Waals surface area contributed by atoms with Crippen LogP contribution in [0.1, 0.15) is 26.3 Å². The molecule has 0 saturated carbocycles. The van der Waals surface area contributed by atoms with Gasteiger partial charge in [0.2, 0.25) is 11.8 Å². The van der Waals surface area contributed by atoms with Crippen LogP contribution in [0.25, 0.3) is 0 Å². The maximum Gasteiger partial charge on any atom is 0.247 e. The summed E-state index contributed by atoms with van der Waals surface area (Å²) in [6.07, 6.45) is 0. The molecule has 1 aromatic carbocycles. The van der Waals surface area contributed by atoms with E-state index >= 15 is 0 Å². The zero-order chi connectivity index (χ0) is 16.9. The summed E-state index contributed by atoms with van der Waals surface area (Å²) in [5.41, 5.74) is 5.76. The number of nitrogens with zero attached hydrogens (tertiary/aromatic N) is 2. The number of benzene rings is 1. The largest absolute Gasteiger partial charge is 0.342 e. The number of hydrogen-bond acceptors (Lipinski definition) is 3. The second kappa shape index (κ2) is 7.74. The Balaban J connectivity index is 2.84. The first-order chi connectivity index (χ1) is 10.2. The van der Waals surface area contributed by atoms with E-state index in [0.717, 1.165) is 4.47 Å². The molecule has 0 saturated heterocycles. The van der Waals surface area contributed by atoms with Crippen LogP contribution in [0.15, 0.2) is 28.7 Å². The summed E-state index contributed by atoms with van der Waals surface area (Å²) < 4.78 is 0.921. The van der Waals surface area contributed by atoms with Gasteiger partial charge in [-0.25, -0.2) is 0 Å². The highest BCUT2D eigenvalue weighted by Crippen LogP contribution is 2.22. The molecule has 0 aliphatic rings. The smallest absolute Gasteiger partial charge is 0.247 e. The molecular weight excluding hydrogens is 346 g/mol. The Morgan fingerprint density at radius 2 is 1.68 bits per heavy atom. The van der Waals surface area contributed by atoms with Crippen LogP contribution in [0.3, 0.4) is 0 Å². The summed E-state index contributed by atoms with van der Waals surface area (Å²) in [5, 5.41) is 0. The van der Waals surface area contributed by atoms with Gasteiger partial charge in [-0.05, 0) is 38.5 Å². The third-order valence-electron chi connectivity index (χ3n) is 3.72. The predicted molar refractivity (Wildman–Crippen MR) is 91.2 cm³/mol. The number of likely N-dealkylation sites (N-methyl/N-ethyl adjacent to an activating group) is 2. The Bertz CT molecular complexity index is 525. The van der Waals surface area contributed by atoms with Crippen LogP contribution in [0.4, 0.5) is 0 Å². The molecule has 1 atom stereocenters. The lowest BCUT2D eigenvalue weighted by Gasteiger charge is -2.30. The fourth-order valence-electron chi connectivity index (χ4n) is 2.27. The molecule has 0 spiro atoms. The average molecular weight is 370 g/mol. The van der Waals surface area contributed by atoms with E-state index in [1.165, 1.54) is 4.90 Å². The third kappa shape index (κ3) is 4.30. The van der Waals surface area contributed by atoms with Crippen LogP contribution in [0, 0.1) is 0 Å². The van der Waals surface area contributed by atoms with Crippen molar-refractivity contribution in [1.82, 2.24) is 9.80 Å². The second-order valence-electron chi connectivity index (χ2n) is 5.44. The molecule has 5 nitrogen and oxygen atoms in total. The van der Waals surface area contributed by atoms with E-state index < -0.39 is 5.54 Å². The van der Waals surface area contributed by atoms with Gasteiger partial charge in [0.1, 0.15) is 5.54 Å². The number of nitrogens with two attached hydrogens (primary N) is 1. The van der Waals surface area contributed by atoms with Crippen LogP contribution in [0.5, 0.6) is 0 Å². The van der Waals surface area contributed by atoms with Gasteiger partial charge in [-0.3, -0.25) is 9.59 Å². The number of halogens is 1. The Morgan fingerprint density at radius 3 is 2.14 bits per heavy atom. The Labute approximate surface area is 140 Å². The first-order valence-electron chi connectivity index (χ1n) is 7.32. The molecule has 0 bridgehead atoms. The van der Waals surface area contributed by atoms with E-state index in [1.54, 1.807) is 18.9 Å². The van der Waals surface area contributed by atoms with Gasteiger partial charge in [-0.15, -0.1) is 0 Å². The molecule has 1 unspecified atom stereocenters. The molecule has 1 rings (SSSR count). The molecule has 2 N–H and O–H groups in total. The van der Waals surface area contributed by atoms with Gasteiger partial charge in [0, 0.05) is 24.6 Å². The lowest BCUT2D eigenvalue weighted by atomic mass is 9.92. The van der Waals surface area contributed by atoms with E-state index in [9.17, 15) is 9.59 Å². The normalized spacial score (nSPS) is 13.4. The van der Waals surface area contributed by atoms with E-state index in [4.69, 9.17) is 5.73 Å². The lowest BCUT2D eigenvalue weighted by molar-refractivity contribution is -0.142. The monoisotopic (exact) mass is 369 g/mol. The first-order valence-corrected chi connectivity index (χ1v) is 8.11. The summed E-state index contributed by atoms with van der Waals surface area (Å²) in [7, 11) is 1.60. The van der Waals surface area contributed by atoms with Gasteiger partial charge in [-0.1, -0.05) is 28.1 Å². The van der Waals surface area contributed by atoms with Crippen molar-refractivity contribution in [3.8, 4) is 0 Å². The van der Waals surface area contributed by atoms with Crippen LogP contribution in [-0.2, 0) is 15.1 Å². The first kappa shape index (κ1) is 18.6. The number of rotatable bonds is 6. The van der Waals surface area contributed by atoms with E-state index in [2.05, 4.69) is 15.9 Å². The van der Waals surface area contributed by atoms with E-state index in [1.807, 2.05) is 38.1 Å². The van der Waals surface area contributed by atoms with Crippen molar-refractivity contribution in [2.24, 2.45) is 5.73 Å². The average Bonchev–Trinajstić information content (AvgIpc) is 2.48. The quantitative estimate of drug-likeness (QED) is 0.833. The Kier molecular flexibility index (Phi) is 6.56. The molecule has 0 aliphatic carbocycles. The summed E-state index contributed by atoms with van der Waals surface area (Å²) >= 11 is 3.36. The van der Waals surface area contributed by atoms with Crippen molar-refractivity contribution in [2.75, 3.05) is 26.7 Å². The fraction of sp³-hybridized carbons (Fsp3) is 0.500. The van der Waals surface area contributed by atoms with E-state index in [0.29, 0.717) is 18.7 Å². The van der Waals surface area contributed by atoms with Crippen molar-refractivity contribution in [1.29, 1.82) is 0 Å². The standard InChI is InChI=1S/C16H24BrN3O2/c1-5-20(6-2)14(21)11-19(4)15(22)16(3,18)12-7-9-13(17)10-8-12/h7-10H,5-6,11,18H2,1-4H3. The Hall–Kier alpha value is -1.40. The molecule has 0 radical (unpaired) electrons. The highest BCUT2D eigenvalue weighted by Gasteiger charge is 2.34. The maximum absolute atomic E-state index is 12.6. The van der Waals surface area contributed by atoms with Crippen molar-refractivity contribution >= 4 is 27.7 Å². The molecule has 0 aromatic heterocycles.